The molecule has 2 bridgehead atoms. The number of aliphatic hydroxyl groups excluding tert-OH is 1. The number of aliphatic hydroxyl groups is 1. The van der Waals surface area contributed by atoms with Crippen LogP contribution in [0.15, 0.2) is 0 Å². The summed E-state index contributed by atoms with van der Waals surface area (Å²) in [6, 6.07) is 0. The molecule has 4 aliphatic rings. The predicted octanol–water partition coefficient (Wildman–Crippen LogP) is 3.00. The average molecular weight is 350 g/mol. The van der Waals surface area contributed by atoms with Crippen molar-refractivity contribution in [1.29, 1.82) is 0 Å². The first kappa shape index (κ1) is 17.3. The van der Waals surface area contributed by atoms with E-state index in [9.17, 15) is 19.8 Å². The van der Waals surface area contributed by atoms with E-state index in [0.717, 1.165) is 25.7 Å². The molecule has 0 unspecified atom stereocenters. The largest absolute Gasteiger partial charge is 0.481 e. The van der Waals surface area contributed by atoms with Gasteiger partial charge in [-0.05, 0) is 69.6 Å². The van der Waals surface area contributed by atoms with Crippen LogP contribution in [0.3, 0.4) is 0 Å². The lowest BCUT2D eigenvalue weighted by atomic mass is 9.38. The van der Waals surface area contributed by atoms with Gasteiger partial charge in [0, 0.05) is 5.41 Å². The molecule has 0 aromatic heterocycles. The Kier molecular flexibility index (Phi) is 3.46. The molecule has 4 rings (SSSR count). The molecule has 5 nitrogen and oxygen atoms in total. The molecular weight excluding hydrogens is 320 g/mol. The number of fused-ring (bicyclic) bond motifs is 3. The number of aliphatic carboxylic acids is 1. The third-order valence-corrected chi connectivity index (χ3v) is 8.75. The molecule has 1 spiro atoms. The summed E-state index contributed by atoms with van der Waals surface area (Å²) in [5, 5.41) is 21.1. The Morgan fingerprint density at radius 2 is 1.88 bits per heavy atom. The fourth-order valence-electron chi connectivity index (χ4n) is 7.39. The maximum Gasteiger partial charge on any atom is 0.311 e. The van der Waals surface area contributed by atoms with Gasteiger partial charge < -0.3 is 14.9 Å². The van der Waals surface area contributed by atoms with Crippen molar-refractivity contribution in [3.05, 3.63) is 0 Å². The summed E-state index contributed by atoms with van der Waals surface area (Å²) in [5.41, 5.74) is -1.79. The van der Waals surface area contributed by atoms with Crippen LogP contribution in [0.25, 0.3) is 0 Å². The molecule has 1 saturated heterocycles. The van der Waals surface area contributed by atoms with Gasteiger partial charge in [0.1, 0.15) is 0 Å². The molecule has 7 atom stereocenters. The molecule has 5 heteroatoms. The van der Waals surface area contributed by atoms with Crippen molar-refractivity contribution in [2.75, 3.05) is 6.61 Å². The number of carboxylic acid groups (broad SMARTS) is 1. The molecule has 3 aliphatic carbocycles. The summed E-state index contributed by atoms with van der Waals surface area (Å²) in [7, 11) is 0. The summed E-state index contributed by atoms with van der Waals surface area (Å²) < 4.78 is 5.59. The minimum atomic E-state index is -0.776. The monoisotopic (exact) mass is 350 g/mol. The smallest absolute Gasteiger partial charge is 0.311 e. The van der Waals surface area contributed by atoms with Gasteiger partial charge in [0.05, 0.1) is 23.5 Å². The van der Waals surface area contributed by atoms with E-state index >= 15 is 0 Å². The van der Waals surface area contributed by atoms with Crippen LogP contribution >= 0.6 is 0 Å². The summed E-state index contributed by atoms with van der Waals surface area (Å²) in [4.78, 5) is 24.4. The normalized spacial score (nSPS) is 54.9. The number of hydrogen-bond donors (Lipinski definition) is 2. The standard InChI is InChI=1S/C20H30O5/c1-17-8-5-12-18(2)6-4-7-19(3,15(22)23)13(18)9-14(21)20(12,10-17)11-25-16(17)24/h12-14,21H,4-11H2,1-3H3,(H,22,23)/t12-,13-,14-,17-,18-,19+,20-/m0/s1. The predicted molar refractivity (Wildman–Crippen MR) is 90.7 cm³/mol. The van der Waals surface area contributed by atoms with E-state index in [1.807, 2.05) is 13.8 Å². The molecule has 0 aromatic rings. The van der Waals surface area contributed by atoms with Gasteiger partial charge in [-0.25, -0.2) is 0 Å². The molecule has 3 saturated carbocycles. The highest BCUT2D eigenvalue weighted by molar-refractivity contribution is 5.78. The molecule has 1 heterocycles. The lowest BCUT2D eigenvalue weighted by molar-refractivity contribution is -0.256. The third-order valence-electron chi connectivity index (χ3n) is 8.75. The maximum atomic E-state index is 12.3. The first-order chi connectivity index (χ1) is 11.6. The van der Waals surface area contributed by atoms with Gasteiger partial charge in [-0.2, -0.15) is 0 Å². The van der Waals surface area contributed by atoms with Crippen molar-refractivity contribution >= 4 is 11.9 Å². The minimum Gasteiger partial charge on any atom is -0.481 e. The van der Waals surface area contributed by atoms with Crippen molar-refractivity contribution < 1.29 is 24.5 Å². The maximum absolute atomic E-state index is 12.3. The summed E-state index contributed by atoms with van der Waals surface area (Å²) in [6.45, 7) is 6.38. The first-order valence-corrected chi connectivity index (χ1v) is 9.67. The molecule has 1 aliphatic heterocycles. The van der Waals surface area contributed by atoms with E-state index in [-0.39, 0.29) is 23.2 Å². The number of hydrogen-bond acceptors (Lipinski definition) is 4. The Morgan fingerprint density at radius 1 is 1.16 bits per heavy atom. The Balaban J connectivity index is 1.79. The van der Waals surface area contributed by atoms with Gasteiger partial charge in [-0.15, -0.1) is 0 Å². The van der Waals surface area contributed by atoms with Crippen molar-refractivity contribution in [3.63, 3.8) is 0 Å². The zero-order valence-corrected chi connectivity index (χ0v) is 15.5. The number of carbonyl (C=O) groups excluding carboxylic acids is 1. The van der Waals surface area contributed by atoms with Crippen LogP contribution < -0.4 is 0 Å². The van der Waals surface area contributed by atoms with Crippen LogP contribution in [0.5, 0.6) is 0 Å². The van der Waals surface area contributed by atoms with Crippen LogP contribution in [0.4, 0.5) is 0 Å². The van der Waals surface area contributed by atoms with Gasteiger partial charge >= 0.3 is 11.9 Å². The number of rotatable bonds is 1. The number of carbonyl (C=O) groups is 2. The number of carboxylic acids is 1. The average Bonchev–Trinajstić information content (AvgIpc) is 2.54. The van der Waals surface area contributed by atoms with Crippen molar-refractivity contribution in [1.82, 2.24) is 0 Å². The van der Waals surface area contributed by atoms with Crippen LogP contribution in [0, 0.1) is 33.5 Å². The van der Waals surface area contributed by atoms with E-state index in [4.69, 9.17) is 4.74 Å². The lowest BCUT2D eigenvalue weighted by Crippen LogP contribution is -2.68. The highest BCUT2D eigenvalue weighted by Crippen LogP contribution is 2.70. The van der Waals surface area contributed by atoms with Crippen molar-refractivity contribution in [2.24, 2.45) is 33.5 Å². The van der Waals surface area contributed by atoms with Crippen LogP contribution in [0.2, 0.25) is 0 Å². The highest BCUT2D eigenvalue weighted by atomic mass is 16.5. The zero-order valence-electron chi connectivity index (χ0n) is 15.5. The van der Waals surface area contributed by atoms with E-state index in [2.05, 4.69) is 6.92 Å². The first-order valence-electron chi connectivity index (χ1n) is 9.67. The second-order valence-corrected chi connectivity index (χ2v) is 10.0. The Morgan fingerprint density at radius 3 is 2.56 bits per heavy atom. The molecule has 4 fully saturated rings. The van der Waals surface area contributed by atoms with Crippen LogP contribution in [-0.2, 0) is 14.3 Å². The molecular formula is C20H30O5. The second-order valence-electron chi connectivity index (χ2n) is 10.0. The van der Waals surface area contributed by atoms with Gasteiger partial charge in [0.25, 0.3) is 0 Å². The van der Waals surface area contributed by atoms with E-state index in [1.165, 1.54) is 0 Å². The number of ether oxygens (including phenoxy) is 1. The lowest BCUT2D eigenvalue weighted by Gasteiger charge is -2.68. The van der Waals surface area contributed by atoms with Crippen LogP contribution in [-0.4, -0.2) is 34.9 Å². The number of cyclic esters (lactones) is 1. The minimum absolute atomic E-state index is 0.0288. The highest BCUT2D eigenvalue weighted by Gasteiger charge is 2.69. The Labute approximate surface area is 149 Å². The van der Waals surface area contributed by atoms with Crippen molar-refractivity contribution in [2.45, 2.75) is 71.8 Å². The number of esters is 1. The molecule has 0 radical (unpaired) electrons. The van der Waals surface area contributed by atoms with E-state index < -0.39 is 28.3 Å². The Hall–Kier alpha value is -1.10. The van der Waals surface area contributed by atoms with Crippen molar-refractivity contribution in [3.8, 4) is 0 Å². The summed E-state index contributed by atoms with van der Waals surface area (Å²) >= 11 is 0. The van der Waals surface area contributed by atoms with Crippen LogP contribution in [0.1, 0.15) is 65.7 Å². The zero-order chi connectivity index (χ0) is 18.3. The third kappa shape index (κ3) is 1.99. The Bertz CT molecular complexity index is 632. The molecule has 140 valence electrons. The summed E-state index contributed by atoms with van der Waals surface area (Å²) in [5.74, 6) is -0.676. The van der Waals surface area contributed by atoms with Gasteiger partial charge in [-0.1, -0.05) is 13.3 Å². The van der Waals surface area contributed by atoms with Gasteiger partial charge in [0.15, 0.2) is 0 Å². The molecule has 0 aromatic carbocycles. The quantitative estimate of drug-likeness (QED) is 0.710. The SMILES string of the molecule is C[C@@]12CC[C@H]3[C@]4(C)CCC[C@@](C)(C(=O)O)[C@H]4C[C@H](O)[C@]3(COC1=O)C2. The van der Waals surface area contributed by atoms with Gasteiger partial charge in [0.2, 0.25) is 0 Å². The van der Waals surface area contributed by atoms with E-state index in [0.29, 0.717) is 25.9 Å². The molecule has 0 amide bonds. The fourth-order valence-corrected chi connectivity index (χ4v) is 7.39. The molecule has 2 N–H and O–H groups in total. The molecule has 25 heavy (non-hydrogen) atoms. The van der Waals surface area contributed by atoms with E-state index in [1.54, 1.807) is 0 Å². The topological polar surface area (TPSA) is 83.8 Å². The second kappa shape index (κ2) is 4.99. The fraction of sp³-hybridized carbons (Fsp3) is 0.900. The summed E-state index contributed by atoms with van der Waals surface area (Å²) in [6.07, 6.45) is 4.84. The van der Waals surface area contributed by atoms with Gasteiger partial charge in [-0.3, -0.25) is 9.59 Å².